The summed E-state index contributed by atoms with van der Waals surface area (Å²) >= 11 is 0. The summed E-state index contributed by atoms with van der Waals surface area (Å²) in [5, 5.41) is 3.95. The van der Waals surface area contributed by atoms with Crippen LogP contribution in [0.1, 0.15) is 37.1 Å². The van der Waals surface area contributed by atoms with Crippen molar-refractivity contribution in [2.75, 3.05) is 0 Å². The Hall–Kier alpha value is -1.82. The molecule has 2 unspecified atom stereocenters. The Morgan fingerprint density at radius 1 is 1.20 bits per heavy atom. The Morgan fingerprint density at radius 2 is 1.95 bits per heavy atom. The molecule has 2 aromatic rings. The smallest absolute Gasteiger partial charge is 0.240 e. The van der Waals surface area contributed by atoms with Gasteiger partial charge in [0.2, 0.25) is 17.5 Å². The fourth-order valence-electron chi connectivity index (χ4n) is 2.65. The molecule has 2 heterocycles. The monoisotopic (exact) mass is 273 g/mol. The quantitative estimate of drug-likeness (QED) is 0.918. The molecule has 1 aliphatic rings. The van der Waals surface area contributed by atoms with Gasteiger partial charge < -0.3 is 10.3 Å². The summed E-state index contributed by atoms with van der Waals surface area (Å²) in [5.41, 5.74) is 7.15. The fourth-order valence-corrected chi connectivity index (χ4v) is 2.65. The van der Waals surface area contributed by atoms with Gasteiger partial charge in [-0.2, -0.15) is 4.98 Å². The molecule has 2 aromatic heterocycles. The van der Waals surface area contributed by atoms with Crippen LogP contribution in [0.5, 0.6) is 0 Å². The van der Waals surface area contributed by atoms with E-state index in [9.17, 15) is 0 Å². The number of aryl methyl sites for hydroxylation is 1. The fraction of sp³-hybridized carbons (Fsp3) is 0.571. The van der Waals surface area contributed by atoms with Crippen molar-refractivity contribution in [2.45, 2.75) is 45.1 Å². The van der Waals surface area contributed by atoms with Crippen LogP contribution < -0.4 is 5.73 Å². The zero-order chi connectivity index (χ0) is 13.9. The standard InChI is InChI=1S/C14H19N5O/c1-9-7-16-13(17-8-9)14-18-12(20-19-14)6-10-4-2-3-5-11(10)15/h7-8,10-11H,2-6,15H2,1H3. The summed E-state index contributed by atoms with van der Waals surface area (Å²) < 4.78 is 5.30. The van der Waals surface area contributed by atoms with E-state index in [1.165, 1.54) is 12.8 Å². The van der Waals surface area contributed by atoms with E-state index in [0.29, 0.717) is 23.5 Å². The third-order valence-corrected chi connectivity index (χ3v) is 3.85. The molecule has 106 valence electrons. The number of rotatable bonds is 3. The molecule has 2 atom stereocenters. The highest BCUT2D eigenvalue weighted by Gasteiger charge is 2.24. The molecule has 6 nitrogen and oxygen atoms in total. The minimum atomic E-state index is 0.245. The molecule has 20 heavy (non-hydrogen) atoms. The second kappa shape index (κ2) is 5.66. The number of hydrogen-bond donors (Lipinski definition) is 1. The van der Waals surface area contributed by atoms with Gasteiger partial charge in [0.25, 0.3) is 0 Å². The molecule has 2 N–H and O–H groups in total. The van der Waals surface area contributed by atoms with E-state index in [2.05, 4.69) is 20.1 Å². The summed E-state index contributed by atoms with van der Waals surface area (Å²) in [6, 6.07) is 0.245. The second-order valence-corrected chi connectivity index (χ2v) is 5.51. The third-order valence-electron chi connectivity index (χ3n) is 3.85. The van der Waals surface area contributed by atoms with Crippen LogP contribution in [-0.4, -0.2) is 26.2 Å². The molecule has 0 saturated heterocycles. The Labute approximate surface area is 117 Å². The molecule has 1 aliphatic carbocycles. The van der Waals surface area contributed by atoms with Gasteiger partial charge >= 0.3 is 0 Å². The van der Waals surface area contributed by atoms with Crippen molar-refractivity contribution in [1.82, 2.24) is 20.1 Å². The third kappa shape index (κ3) is 2.85. The lowest BCUT2D eigenvalue weighted by molar-refractivity contribution is 0.273. The van der Waals surface area contributed by atoms with Crippen LogP contribution in [0.4, 0.5) is 0 Å². The molecule has 1 fully saturated rings. The second-order valence-electron chi connectivity index (χ2n) is 5.51. The van der Waals surface area contributed by atoms with Crippen molar-refractivity contribution < 1.29 is 4.52 Å². The molecular weight excluding hydrogens is 254 g/mol. The SMILES string of the molecule is Cc1cnc(-c2noc(CC3CCCCC3N)n2)nc1. The predicted octanol–water partition coefficient (Wildman–Crippen LogP) is 1.90. The lowest BCUT2D eigenvalue weighted by Crippen LogP contribution is -2.34. The maximum atomic E-state index is 6.15. The van der Waals surface area contributed by atoms with Gasteiger partial charge in [0, 0.05) is 24.9 Å². The van der Waals surface area contributed by atoms with Crippen LogP contribution >= 0.6 is 0 Å². The van der Waals surface area contributed by atoms with E-state index in [1.807, 2.05) is 6.92 Å². The minimum absolute atomic E-state index is 0.245. The summed E-state index contributed by atoms with van der Waals surface area (Å²) in [4.78, 5) is 12.8. The average Bonchev–Trinajstić information content (AvgIpc) is 2.91. The Balaban J connectivity index is 1.71. The van der Waals surface area contributed by atoms with Crippen molar-refractivity contribution in [2.24, 2.45) is 11.7 Å². The maximum Gasteiger partial charge on any atom is 0.240 e. The number of nitrogens with two attached hydrogens (primary N) is 1. The zero-order valence-corrected chi connectivity index (χ0v) is 11.6. The largest absolute Gasteiger partial charge is 0.339 e. The van der Waals surface area contributed by atoms with Crippen molar-refractivity contribution in [1.29, 1.82) is 0 Å². The summed E-state index contributed by atoms with van der Waals surface area (Å²) in [5.74, 6) is 2.02. The predicted molar refractivity (Wildman–Crippen MR) is 73.7 cm³/mol. The summed E-state index contributed by atoms with van der Waals surface area (Å²) in [7, 11) is 0. The minimum Gasteiger partial charge on any atom is -0.339 e. The maximum absolute atomic E-state index is 6.15. The van der Waals surface area contributed by atoms with E-state index >= 15 is 0 Å². The van der Waals surface area contributed by atoms with Crippen LogP contribution in [0.2, 0.25) is 0 Å². The van der Waals surface area contributed by atoms with Gasteiger partial charge in [-0.1, -0.05) is 18.0 Å². The van der Waals surface area contributed by atoms with Gasteiger partial charge in [0.05, 0.1) is 0 Å². The van der Waals surface area contributed by atoms with Gasteiger partial charge in [-0.15, -0.1) is 0 Å². The molecule has 6 heteroatoms. The van der Waals surface area contributed by atoms with Crippen molar-refractivity contribution in [3.8, 4) is 11.6 Å². The van der Waals surface area contributed by atoms with E-state index < -0.39 is 0 Å². The number of hydrogen-bond acceptors (Lipinski definition) is 6. The first-order valence-electron chi connectivity index (χ1n) is 7.09. The van der Waals surface area contributed by atoms with Gasteiger partial charge in [-0.3, -0.25) is 0 Å². The van der Waals surface area contributed by atoms with E-state index in [1.54, 1.807) is 12.4 Å². The van der Waals surface area contributed by atoms with Crippen LogP contribution in [-0.2, 0) is 6.42 Å². The Kier molecular flexibility index (Phi) is 3.73. The first kappa shape index (κ1) is 13.2. The van der Waals surface area contributed by atoms with Crippen LogP contribution in [0.15, 0.2) is 16.9 Å². The van der Waals surface area contributed by atoms with Crippen LogP contribution in [0.25, 0.3) is 11.6 Å². The molecule has 0 amide bonds. The van der Waals surface area contributed by atoms with Gasteiger partial charge in [-0.05, 0) is 31.2 Å². The summed E-state index contributed by atoms with van der Waals surface area (Å²) in [6.45, 7) is 1.94. The van der Waals surface area contributed by atoms with Crippen LogP contribution in [0, 0.1) is 12.8 Å². The average molecular weight is 273 g/mol. The Bertz CT molecular complexity index is 565. The van der Waals surface area contributed by atoms with Crippen molar-refractivity contribution in [3.05, 3.63) is 23.8 Å². The van der Waals surface area contributed by atoms with Crippen molar-refractivity contribution >= 4 is 0 Å². The van der Waals surface area contributed by atoms with Crippen molar-refractivity contribution in [3.63, 3.8) is 0 Å². The molecule has 0 radical (unpaired) electrons. The first-order chi connectivity index (χ1) is 9.72. The van der Waals surface area contributed by atoms with E-state index in [4.69, 9.17) is 10.3 Å². The van der Waals surface area contributed by atoms with Gasteiger partial charge in [0.15, 0.2) is 0 Å². The molecule has 0 bridgehead atoms. The molecule has 1 saturated carbocycles. The zero-order valence-electron chi connectivity index (χ0n) is 11.6. The van der Waals surface area contributed by atoms with Gasteiger partial charge in [0.1, 0.15) is 0 Å². The highest BCUT2D eigenvalue weighted by Crippen LogP contribution is 2.26. The van der Waals surface area contributed by atoms with E-state index in [-0.39, 0.29) is 6.04 Å². The summed E-state index contributed by atoms with van der Waals surface area (Å²) in [6.07, 6.45) is 8.93. The molecule has 3 rings (SSSR count). The molecular formula is C14H19N5O. The molecule has 0 spiro atoms. The molecule has 0 aliphatic heterocycles. The number of nitrogens with zero attached hydrogens (tertiary/aromatic N) is 4. The van der Waals surface area contributed by atoms with Crippen LogP contribution in [0.3, 0.4) is 0 Å². The lowest BCUT2D eigenvalue weighted by Gasteiger charge is -2.27. The van der Waals surface area contributed by atoms with Gasteiger partial charge in [-0.25, -0.2) is 9.97 Å². The highest BCUT2D eigenvalue weighted by atomic mass is 16.5. The Morgan fingerprint density at radius 3 is 2.70 bits per heavy atom. The number of aromatic nitrogens is 4. The lowest BCUT2D eigenvalue weighted by atomic mass is 9.83. The highest BCUT2D eigenvalue weighted by molar-refractivity contribution is 5.40. The topological polar surface area (TPSA) is 90.7 Å². The molecule has 0 aromatic carbocycles. The normalized spacial score (nSPS) is 22.9. The first-order valence-corrected chi connectivity index (χ1v) is 7.09. The van der Waals surface area contributed by atoms with E-state index in [0.717, 1.165) is 24.8 Å².